The summed E-state index contributed by atoms with van der Waals surface area (Å²) in [6, 6.07) is 0. The molecule has 29 heavy (non-hydrogen) atoms. The number of halogens is 6. The molecule has 4 aliphatic carbocycles. The maximum Gasteiger partial charge on any atom is 0.312 e. The van der Waals surface area contributed by atoms with E-state index >= 15 is 0 Å². The summed E-state index contributed by atoms with van der Waals surface area (Å²) < 4.78 is 97.8. The number of hydrogen-bond donors (Lipinski definition) is 0. The number of carbonyl (C=O) groups is 1. The van der Waals surface area contributed by atoms with Gasteiger partial charge in [-0.1, -0.05) is 0 Å². The maximum absolute atomic E-state index is 14.3. The molecule has 4 nitrogen and oxygen atoms in total. The van der Waals surface area contributed by atoms with Crippen molar-refractivity contribution in [3.8, 4) is 0 Å². The third-order valence-electron chi connectivity index (χ3n) is 7.15. The average molecular weight is 430 g/mol. The molecule has 10 heteroatoms. The van der Waals surface area contributed by atoms with Crippen molar-refractivity contribution in [3.63, 3.8) is 0 Å². The summed E-state index contributed by atoms with van der Waals surface area (Å²) in [5.74, 6) is -10.4. The lowest BCUT2D eigenvalue weighted by molar-refractivity contribution is -0.452. The maximum atomic E-state index is 14.3. The molecule has 4 bridgehead atoms. The molecular weight excluding hydrogens is 406 g/mol. The van der Waals surface area contributed by atoms with Crippen molar-refractivity contribution in [2.45, 2.75) is 62.3 Å². The van der Waals surface area contributed by atoms with Gasteiger partial charge in [-0.2, -0.15) is 0 Å². The van der Waals surface area contributed by atoms with E-state index in [0.717, 1.165) is 0 Å². The van der Waals surface area contributed by atoms with Crippen LogP contribution >= 0.6 is 0 Å². The average Bonchev–Trinajstić information content (AvgIpc) is 2.64. The van der Waals surface area contributed by atoms with Gasteiger partial charge in [0.25, 0.3) is 5.92 Å². The molecular formula is C19H24F6O4. The van der Waals surface area contributed by atoms with Crippen LogP contribution in [0.4, 0.5) is 26.3 Å². The van der Waals surface area contributed by atoms with Crippen LogP contribution in [-0.2, 0) is 19.0 Å². The zero-order chi connectivity index (χ0) is 21.3. The highest BCUT2D eigenvalue weighted by molar-refractivity contribution is 5.77. The van der Waals surface area contributed by atoms with Gasteiger partial charge in [0.05, 0.1) is 5.41 Å². The highest BCUT2D eigenvalue weighted by atomic mass is 19.3. The zero-order valence-electron chi connectivity index (χ0n) is 16.0. The first kappa shape index (κ1) is 21.2. The lowest BCUT2D eigenvalue weighted by Crippen LogP contribution is -2.74. The summed E-state index contributed by atoms with van der Waals surface area (Å²) in [7, 11) is 0. The summed E-state index contributed by atoms with van der Waals surface area (Å²) in [6.07, 6.45) is 1.71. The minimum atomic E-state index is -3.83. The SMILES string of the molecule is CC(F)(F)COC(=O)C12CC3CC(C1)C1(OCC(F)(F)C(CF)(CF)O1)C(C3)C2. The van der Waals surface area contributed by atoms with Gasteiger partial charge >= 0.3 is 11.9 Å². The Balaban J connectivity index is 1.60. The van der Waals surface area contributed by atoms with Gasteiger partial charge in [0.15, 0.2) is 18.0 Å². The fourth-order valence-electron chi connectivity index (χ4n) is 5.95. The number of ether oxygens (including phenoxy) is 3. The lowest BCUT2D eigenvalue weighted by atomic mass is 9.47. The van der Waals surface area contributed by atoms with Crippen molar-refractivity contribution >= 4 is 5.97 Å². The van der Waals surface area contributed by atoms with Gasteiger partial charge in [0.2, 0.25) is 0 Å². The normalized spacial score (nSPS) is 42.2. The van der Waals surface area contributed by atoms with Gasteiger partial charge in [-0.3, -0.25) is 4.79 Å². The fraction of sp³-hybridized carbons (Fsp3) is 0.947. The van der Waals surface area contributed by atoms with Gasteiger partial charge in [-0.25, -0.2) is 26.3 Å². The smallest absolute Gasteiger partial charge is 0.312 e. The molecule has 1 heterocycles. The molecule has 0 aromatic carbocycles. The molecule has 5 fully saturated rings. The minimum Gasteiger partial charge on any atom is -0.459 e. The Morgan fingerprint density at radius 1 is 1.10 bits per heavy atom. The van der Waals surface area contributed by atoms with Gasteiger partial charge in [-0.05, 0) is 38.0 Å². The molecule has 0 amide bonds. The Labute approximate surface area is 164 Å². The lowest BCUT2D eigenvalue weighted by Gasteiger charge is -2.66. The number of alkyl halides is 6. The second-order valence-corrected chi connectivity index (χ2v) is 9.35. The predicted molar refractivity (Wildman–Crippen MR) is 87.0 cm³/mol. The summed E-state index contributed by atoms with van der Waals surface area (Å²) in [5, 5.41) is 0. The van der Waals surface area contributed by atoms with E-state index in [0.29, 0.717) is 26.2 Å². The summed E-state index contributed by atoms with van der Waals surface area (Å²) >= 11 is 0. The van der Waals surface area contributed by atoms with E-state index in [4.69, 9.17) is 14.2 Å². The molecule has 2 atom stereocenters. The van der Waals surface area contributed by atoms with E-state index in [1.165, 1.54) is 0 Å². The summed E-state index contributed by atoms with van der Waals surface area (Å²) in [5.41, 5.74) is -3.94. The molecule has 4 saturated carbocycles. The molecule has 0 aromatic rings. The third-order valence-corrected chi connectivity index (χ3v) is 7.15. The van der Waals surface area contributed by atoms with Crippen molar-refractivity contribution in [1.82, 2.24) is 0 Å². The predicted octanol–water partition coefficient (Wildman–Crippen LogP) is 4.07. The van der Waals surface area contributed by atoms with Crippen LogP contribution in [0.25, 0.3) is 0 Å². The van der Waals surface area contributed by atoms with Crippen molar-refractivity contribution in [2.75, 3.05) is 26.6 Å². The van der Waals surface area contributed by atoms with E-state index in [1.807, 2.05) is 0 Å². The van der Waals surface area contributed by atoms with Gasteiger partial charge in [0, 0.05) is 18.8 Å². The number of esters is 1. The van der Waals surface area contributed by atoms with Gasteiger partial charge < -0.3 is 14.2 Å². The molecule has 1 aliphatic heterocycles. The van der Waals surface area contributed by atoms with E-state index in [-0.39, 0.29) is 18.8 Å². The first-order valence-corrected chi connectivity index (χ1v) is 9.80. The van der Waals surface area contributed by atoms with E-state index in [9.17, 15) is 31.1 Å². The van der Waals surface area contributed by atoms with Gasteiger partial charge in [-0.15, -0.1) is 0 Å². The third kappa shape index (κ3) is 3.07. The number of carbonyl (C=O) groups excluding carboxylic acids is 1. The standard InChI is InChI=1S/C19H24F6O4/c1-15(22,23)9-27-14(26)16-4-11-2-12(5-16)19(13(3-11)6-16)28-10-18(24,25)17(7-20,8-21)29-19/h11-13H,2-10H2,1H3. The van der Waals surface area contributed by atoms with Gasteiger partial charge in [0.1, 0.15) is 20.0 Å². The van der Waals surface area contributed by atoms with Crippen LogP contribution in [0.3, 0.4) is 0 Å². The van der Waals surface area contributed by atoms with Crippen molar-refractivity contribution in [3.05, 3.63) is 0 Å². The molecule has 0 N–H and O–H groups in total. The van der Waals surface area contributed by atoms with Crippen molar-refractivity contribution < 1.29 is 45.3 Å². The largest absolute Gasteiger partial charge is 0.459 e. The minimum absolute atomic E-state index is 0.0487. The first-order valence-electron chi connectivity index (χ1n) is 9.80. The number of hydrogen-bond acceptors (Lipinski definition) is 4. The highest BCUT2D eigenvalue weighted by Gasteiger charge is 2.73. The fourth-order valence-corrected chi connectivity index (χ4v) is 5.95. The van der Waals surface area contributed by atoms with E-state index in [1.54, 1.807) is 0 Å². The molecule has 166 valence electrons. The Kier molecular flexibility index (Phi) is 4.74. The molecule has 1 spiro atoms. The number of rotatable bonds is 5. The molecule has 5 rings (SSSR count). The van der Waals surface area contributed by atoms with Crippen LogP contribution in [0.1, 0.15) is 39.0 Å². The van der Waals surface area contributed by atoms with Crippen LogP contribution in [0.5, 0.6) is 0 Å². The second kappa shape index (κ2) is 6.48. The summed E-state index contributed by atoms with van der Waals surface area (Å²) in [4.78, 5) is 12.7. The molecule has 5 aliphatic rings. The Bertz CT molecular complexity index is 658. The monoisotopic (exact) mass is 430 g/mol. The Hall–Kier alpha value is -1.03. The van der Waals surface area contributed by atoms with Crippen molar-refractivity contribution in [2.24, 2.45) is 23.2 Å². The molecule has 0 radical (unpaired) electrons. The van der Waals surface area contributed by atoms with E-state index in [2.05, 4.69) is 0 Å². The molecule has 1 saturated heterocycles. The highest BCUT2D eigenvalue weighted by Crippen LogP contribution is 2.67. The van der Waals surface area contributed by atoms with Crippen LogP contribution in [0, 0.1) is 23.2 Å². The molecule has 2 unspecified atom stereocenters. The first-order chi connectivity index (χ1) is 13.4. The summed E-state index contributed by atoms with van der Waals surface area (Å²) in [6.45, 7) is -4.97. The van der Waals surface area contributed by atoms with Crippen molar-refractivity contribution in [1.29, 1.82) is 0 Å². The Morgan fingerprint density at radius 2 is 1.69 bits per heavy atom. The van der Waals surface area contributed by atoms with Crippen LogP contribution in [-0.4, -0.2) is 55.8 Å². The topological polar surface area (TPSA) is 44.8 Å². The Morgan fingerprint density at radius 3 is 2.21 bits per heavy atom. The second-order valence-electron chi connectivity index (χ2n) is 9.35. The van der Waals surface area contributed by atoms with E-state index < -0.39 is 73.0 Å². The van der Waals surface area contributed by atoms with Crippen LogP contribution < -0.4 is 0 Å². The van der Waals surface area contributed by atoms with Crippen LogP contribution in [0.2, 0.25) is 0 Å². The quantitative estimate of drug-likeness (QED) is 0.487. The molecule has 0 aromatic heterocycles. The van der Waals surface area contributed by atoms with Crippen LogP contribution in [0.15, 0.2) is 0 Å². The zero-order valence-corrected chi connectivity index (χ0v) is 16.0.